The summed E-state index contributed by atoms with van der Waals surface area (Å²) >= 11 is 6.79. The Morgan fingerprint density at radius 3 is 2.45 bits per heavy atom. The van der Waals surface area contributed by atoms with Gasteiger partial charge in [-0.25, -0.2) is 0 Å². The molecule has 0 radical (unpaired) electrons. The average Bonchev–Trinajstić information content (AvgIpc) is 3.39. The molecule has 0 heterocycles. The van der Waals surface area contributed by atoms with E-state index in [9.17, 15) is 14.4 Å². The van der Waals surface area contributed by atoms with Gasteiger partial charge in [0.05, 0.1) is 0 Å². The summed E-state index contributed by atoms with van der Waals surface area (Å²) in [6.07, 6.45) is 8.18. The van der Waals surface area contributed by atoms with E-state index in [4.69, 9.17) is 16.3 Å². The number of esters is 1. The Bertz CT molecular complexity index is 903. The molecule has 0 aromatic rings. The van der Waals surface area contributed by atoms with Crippen molar-refractivity contribution in [1.82, 2.24) is 0 Å². The van der Waals surface area contributed by atoms with Gasteiger partial charge in [0.2, 0.25) is 0 Å². The van der Waals surface area contributed by atoms with Gasteiger partial charge in [0.15, 0.2) is 17.2 Å². The minimum absolute atomic E-state index is 0.0423. The Labute approximate surface area is 177 Å². The van der Waals surface area contributed by atoms with Crippen molar-refractivity contribution in [3.05, 3.63) is 22.8 Å². The van der Waals surface area contributed by atoms with Crippen LogP contribution < -0.4 is 0 Å². The molecule has 0 N–H and O–H groups in total. The number of Topliss-reactive ketones (excluding diaryl/α,β-unsaturated/α-hetero) is 1. The summed E-state index contributed by atoms with van der Waals surface area (Å²) in [5.41, 5.74) is -0.455. The third kappa shape index (κ3) is 2.24. The van der Waals surface area contributed by atoms with Crippen LogP contribution in [0.4, 0.5) is 0 Å². The van der Waals surface area contributed by atoms with Gasteiger partial charge < -0.3 is 4.74 Å². The number of hydrogen-bond acceptors (Lipinski definition) is 4. The molecule has 0 aromatic carbocycles. The normalized spacial score (nSPS) is 49.7. The lowest BCUT2D eigenvalue weighted by Gasteiger charge is -2.57. The molecule has 5 aliphatic rings. The Kier molecular flexibility index (Phi) is 3.93. The highest BCUT2D eigenvalue weighted by Crippen LogP contribution is 2.72. The number of carbonyl (C=O) groups excluding carboxylic acids is 3. The van der Waals surface area contributed by atoms with Crippen LogP contribution >= 0.6 is 11.6 Å². The molecule has 0 saturated heterocycles. The van der Waals surface area contributed by atoms with Crippen LogP contribution in [0.3, 0.4) is 0 Å². The van der Waals surface area contributed by atoms with Crippen molar-refractivity contribution >= 4 is 29.1 Å². The highest BCUT2D eigenvalue weighted by atomic mass is 35.5. The molecule has 3 fully saturated rings. The second-order valence-corrected chi connectivity index (χ2v) is 10.9. The van der Waals surface area contributed by atoms with E-state index in [-0.39, 0.29) is 46.1 Å². The molecule has 0 aromatic heterocycles. The first-order valence-electron chi connectivity index (χ1n) is 10.9. The summed E-state index contributed by atoms with van der Waals surface area (Å²) < 4.78 is 5.82. The zero-order valence-electron chi connectivity index (χ0n) is 17.6. The Hall–Kier alpha value is -1.42. The van der Waals surface area contributed by atoms with Gasteiger partial charge in [0.25, 0.3) is 0 Å². The van der Waals surface area contributed by atoms with Crippen molar-refractivity contribution in [2.24, 2.45) is 40.4 Å². The summed E-state index contributed by atoms with van der Waals surface area (Å²) in [6.45, 7) is 7.42. The summed E-state index contributed by atoms with van der Waals surface area (Å²) in [5, 5.41) is 0.713. The van der Waals surface area contributed by atoms with E-state index >= 15 is 0 Å². The van der Waals surface area contributed by atoms with Gasteiger partial charge in [0.1, 0.15) is 0 Å². The smallest absolute Gasteiger partial charge is 0.303 e. The molecule has 156 valence electrons. The topological polar surface area (TPSA) is 60.4 Å². The lowest BCUT2D eigenvalue weighted by molar-refractivity contribution is -0.185. The number of ether oxygens (including phenoxy) is 1. The zero-order valence-corrected chi connectivity index (χ0v) is 18.3. The van der Waals surface area contributed by atoms with Gasteiger partial charge in [-0.3, -0.25) is 14.4 Å². The van der Waals surface area contributed by atoms with Gasteiger partial charge >= 0.3 is 5.97 Å². The lowest BCUT2D eigenvalue weighted by atomic mass is 9.47. The summed E-state index contributed by atoms with van der Waals surface area (Å²) in [7, 11) is 0. The number of rotatable bonds is 2. The van der Waals surface area contributed by atoms with Crippen molar-refractivity contribution in [2.75, 3.05) is 0 Å². The average molecular weight is 417 g/mol. The fourth-order valence-corrected chi connectivity index (χ4v) is 8.43. The quantitative estimate of drug-likeness (QED) is 0.617. The molecule has 4 nitrogen and oxygen atoms in total. The van der Waals surface area contributed by atoms with Crippen molar-refractivity contribution in [2.45, 2.75) is 65.4 Å². The summed E-state index contributed by atoms with van der Waals surface area (Å²) in [6, 6.07) is 0. The van der Waals surface area contributed by atoms with E-state index in [1.807, 2.05) is 6.08 Å². The number of halogens is 1. The van der Waals surface area contributed by atoms with Crippen molar-refractivity contribution in [1.29, 1.82) is 0 Å². The second kappa shape index (κ2) is 5.84. The standard InChI is InChI=1S/C24H29ClO4/c1-12(26)24(29-13(2)27)8-6-16-14-10-20(25)19-11-21(28)15-9-18(15)23(19,4)17(14)5-7-22(16,24)3/h10-11,14-18H,5-9H2,1-4H3/t14-,15+,16-,17-,18+,22-,23-,24-/m0/s1. The van der Waals surface area contributed by atoms with E-state index < -0.39 is 5.60 Å². The highest BCUT2D eigenvalue weighted by molar-refractivity contribution is 6.32. The van der Waals surface area contributed by atoms with Crippen molar-refractivity contribution in [3.8, 4) is 0 Å². The third-order valence-corrected chi connectivity index (χ3v) is 9.83. The van der Waals surface area contributed by atoms with Crippen LogP contribution in [0.25, 0.3) is 0 Å². The SMILES string of the molecule is CC(=O)O[C@]1(C(C)=O)CC[C@H]2[C@@H]3C=C(Cl)C4=CC(=O)[C@@H]5C[C@H]5[C@]4(C)[C@H]3CC[C@@]21C. The van der Waals surface area contributed by atoms with E-state index in [2.05, 4.69) is 19.9 Å². The van der Waals surface area contributed by atoms with Gasteiger partial charge in [-0.1, -0.05) is 31.5 Å². The lowest BCUT2D eigenvalue weighted by Crippen LogP contribution is -2.58. The number of ketones is 2. The number of allylic oxidation sites excluding steroid dienone is 4. The van der Waals surface area contributed by atoms with Crippen LogP contribution in [0.15, 0.2) is 22.8 Å². The first kappa shape index (κ1) is 19.5. The Morgan fingerprint density at radius 2 is 1.79 bits per heavy atom. The molecule has 5 aliphatic carbocycles. The minimum atomic E-state index is -1.03. The number of fused-ring (bicyclic) bond motifs is 7. The van der Waals surface area contributed by atoms with Crippen molar-refractivity contribution < 1.29 is 19.1 Å². The van der Waals surface area contributed by atoms with E-state index in [0.29, 0.717) is 23.3 Å². The molecule has 5 rings (SSSR count). The van der Waals surface area contributed by atoms with Gasteiger partial charge in [-0.2, -0.15) is 0 Å². The molecule has 0 unspecified atom stereocenters. The summed E-state index contributed by atoms with van der Waals surface area (Å²) in [4.78, 5) is 37.1. The van der Waals surface area contributed by atoms with E-state index in [1.165, 1.54) is 6.92 Å². The molecule has 8 atom stereocenters. The van der Waals surface area contributed by atoms with Crippen LogP contribution in [0.2, 0.25) is 0 Å². The zero-order chi connectivity index (χ0) is 20.9. The maximum absolute atomic E-state index is 12.8. The summed E-state index contributed by atoms with van der Waals surface area (Å²) in [5.74, 6) is 1.27. The fraction of sp³-hybridized carbons (Fsp3) is 0.708. The highest BCUT2D eigenvalue weighted by Gasteiger charge is 2.70. The third-order valence-electron chi connectivity index (χ3n) is 9.50. The fourth-order valence-electron chi connectivity index (χ4n) is 8.03. The molecular formula is C24H29ClO4. The van der Waals surface area contributed by atoms with Crippen LogP contribution in [0.5, 0.6) is 0 Å². The first-order valence-corrected chi connectivity index (χ1v) is 11.3. The first-order chi connectivity index (χ1) is 13.6. The van der Waals surface area contributed by atoms with Gasteiger partial charge in [-0.15, -0.1) is 0 Å². The minimum Gasteiger partial charge on any atom is -0.451 e. The molecule has 5 heteroatoms. The van der Waals surface area contributed by atoms with Gasteiger partial charge in [0, 0.05) is 28.7 Å². The number of carbonyl (C=O) groups is 3. The molecule has 0 amide bonds. The monoisotopic (exact) mass is 416 g/mol. The van der Waals surface area contributed by atoms with Crippen LogP contribution in [0, 0.1) is 40.4 Å². The van der Waals surface area contributed by atoms with Crippen LogP contribution in [-0.2, 0) is 19.1 Å². The predicted molar refractivity (Wildman–Crippen MR) is 109 cm³/mol. The van der Waals surface area contributed by atoms with E-state index in [1.54, 1.807) is 6.92 Å². The van der Waals surface area contributed by atoms with Crippen LogP contribution in [0.1, 0.15) is 59.8 Å². The number of hydrogen-bond donors (Lipinski definition) is 0. The van der Waals surface area contributed by atoms with Crippen molar-refractivity contribution in [3.63, 3.8) is 0 Å². The van der Waals surface area contributed by atoms with E-state index in [0.717, 1.165) is 31.3 Å². The molecule has 3 saturated carbocycles. The Morgan fingerprint density at radius 1 is 1.10 bits per heavy atom. The predicted octanol–water partition coefficient (Wildman–Crippen LogP) is 4.61. The molecule has 0 aliphatic heterocycles. The maximum atomic E-state index is 12.8. The Balaban J connectivity index is 1.60. The molecular weight excluding hydrogens is 388 g/mol. The largest absolute Gasteiger partial charge is 0.451 e. The van der Waals surface area contributed by atoms with Crippen LogP contribution in [-0.4, -0.2) is 23.1 Å². The second-order valence-electron chi connectivity index (χ2n) is 10.5. The molecule has 0 spiro atoms. The van der Waals surface area contributed by atoms with Gasteiger partial charge in [-0.05, 0) is 74.3 Å². The molecule has 0 bridgehead atoms. The maximum Gasteiger partial charge on any atom is 0.303 e. The molecule has 29 heavy (non-hydrogen) atoms.